The number of halogens is 2. The molecule has 2 aromatic rings. The summed E-state index contributed by atoms with van der Waals surface area (Å²) in [6.07, 6.45) is 0.554. The average molecular weight is 307 g/mol. The molecular weight excluding hydrogens is 291 g/mol. The van der Waals surface area contributed by atoms with Crippen LogP contribution in [0.3, 0.4) is 0 Å². The van der Waals surface area contributed by atoms with E-state index in [9.17, 15) is 4.39 Å². The predicted molar refractivity (Wildman–Crippen MR) is 80.9 cm³/mol. The second kappa shape index (κ2) is 7.14. The molecule has 0 bridgehead atoms. The fourth-order valence-corrected chi connectivity index (χ4v) is 1.98. The highest BCUT2D eigenvalue weighted by Gasteiger charge is 2.07. The van der Waals surface area contributed by atoms with Crippen LogP contribution in [-0.2, 0) is 13.7 Å². The average Bonchev–Trinajstić information content (AvgIpc) is 2.76. The number of aryl methyl sites for hydroxylation is 2. The molecule has 110 valence electrons. The zero-order chi connectivity index (χ0) is 15.2. The number of ether oxygens (including phenoxy) is 1. The zero-order valence-electron chi connectivity index (χ0n) is 12.0. The first-order chi connectivity index (χ1) is 10.1. The van der Waals surface area contributed by atoms with Crippen molar-refractivity contribution in [2.45, 2.75) is 20.0 Å². The van der Waals surface area contributed by atoms with Gasteiger partial charge in [0, 0.05) is 19.3 Å². The Morgan fingerprint density at radius 1 is 1.38 bits per heavy atom. The summed E-state index contributed by atoms with van der Waals surface area (Å²) in [7, 11) is 1.86. The van der Waals surface area contributed by atoms with E-state index < -0.39 is 0 Å². The molecule has 5 heteroatoms. The van der Waals surface area contributed by atoms with Crippen LogP contribution < -0.4 is 4.74 Å². The molecule has 0 spiro atoms. The number of aromatic nitrogens is 2. The lowest BCUT2D eigenvalue weighted by atomic mass is 10.2. The molecule has 21 heavy (non-hydrogen) atoms. The molecule has 0 aliphatic heterocycles. The number of rotatable bonds is 4. The molecular formula is C16H16ClFN2O. The van der Waals surface area contributed by atoms with Crippen LogP contribution in [0.4, 0.5) is 4.39 Å². The lowest BCUT2D eigenvalue weighted by molar-refractivity contribution is 0.293. The first-order valence-electron chi connectivity index (χ1n) is 6.57. The highest BCUT2D eigenvalue weighted by Crippen LogP contribution is 2.20. The Bertz CT molecular complexity index is 685. The minimum Gasteiger partial charge on any atom is -0.486 e. The van der Waals surface area contributed by atoms with Crippen LogP contribution in [0.2, 0.25) is 0 Å². The fraction of sp³-hybridized carbons (Fsp3) is 0.312. The van der Waals surface area contributed by atoms with Gasteiger partial charge in [0.1, 0.15) is 18.2 Å². The maximum Gasteiger partial charge on any atom is 0.135 e. The molecule has 1 aromatic heterocycles. The molecule has 0 atom stereocenters. The zero-order valence-corrected chi connectivity index (χ0v) is 12.7. The van der Waals surface area contributed by atoms with E-state index in [2.05, 4.69) is 16.9 Å². The van der Waals surface area contributed by atoms with Gasteiger partial charge in [0.05, 0.1) is 17.0 Å². The second-order valence-electron chi connectivity index (χ2n) is 4.57. The third kappa shape index (κ3) is 4.24. The van der Waals surface area contributed by atoms with E-state index in [4.69, 9.17) is 16.3 Å². The molecule has 0 aliphatic carbocycles. The van der Waals surface area contributed by atoms with Crippen molar-refractivity contribution >= 4 is 11.6 Å². The molecule has 3 nitrogen and oxygen atoms in total. The molecule has 0 saturated heterocycles. The van der Waals surface area contributed by atoms with Crippen LogP contribution in [-0.4, -0.2) is 15.7 Å². The molecule has 0 N–H and O–H groups in total. The van der Waals surface area contributed by atoms with E-state index in [1.165, 1.54) is 12.1 Å². The highest BCUT2D eigenvalue weighted by molar-refractivity contribution is 6.18. The standard InChI is InChI=1S/C16H16ClFN2O/c1-12-9-15(20(2)19-12)11-21-16-7-6-14(18)10-13(16)5-3-4-8-17/h6-7,9-10H,4,8,11H2,1-2H3. The van der Waals surface area contributed by atoms with Crippen molar-refractivity contribution in [2.75, 3.05) is 5.88 Å². The topological polar surface area (TPSA) is 27.1 Å². The maximum atomic E-state index is 13.3. The summed E-state index contributed by atoms with van der Waals surface area (Å²) in [6, 6.07) is 6.26. The summed E-state index contributed by atoms with van der Waals surface area (Å²) >= 11 is 5.58. The van der Waals surface area contributed by atoms with Crippen molar-refractivity contribution in [2.24, 2.45) is 7.05 Å². The Kier molecular flexibility index (Phi) is 5.24. The van der Waals surface area contributed by atoms with E-state index in [-0.39, 0.29) is 5.82 Å². The Balaban J connectivity index is 2.16. The van der Waals surface area contributed by atoms with E-state index >= 15 is 0 Å². The quantitative estimate of drug-likeness (QED) is 0.639. The van der Waals surface area contributed by atoms with Gasteiger partial charge in [0.25, 0.3) is 0 Å². The summed E-state index contributed by atoms with van der Waals surface area (Å²) in [5, 5.41) is 4.25. The number of benzene rings is 1. The summed E-state index contributed by atoms with van der Waals surface area (Å²) in [4.78, 5) is 0. The van der Waals surface area contributed by atoms with Crippen LogP contribution >= 0.6 is 11.6 Å². The lowest BCUT2D eigenvalue weighted by Crippen LogP contribution is -2.04. The Morgan fingerprint density at radius 2 is 2.19 bits per heavy atom. The van der Waals surface area contributed by atoms with Crippen LogP contribution in [0.25, 0.3) is 0 Å². The largest absolute Gasteiger partial charge is 0.486 e. The van der Waals surface area contributed by atoms with Crippen molar-refractivity contribution in [3.63, 3.8) is 0 Å². The molecule has 0 aliphatic rings. The predicted octanol–water partition coefficient (Wildman–Crippen LogP) is 3.43. The summed E-state index contributed by atoms with van der Waals surface area (Å²) in [5.74, 6) is 6.44. The first kappa shape index (κ1) is 15.4. The van der Waals surface area contributed by atoms with Gasteiger partial charge in [0.15, 0.2) is 0 Å². The van der Waals surface area contributed by atoms with Gasteiger partial charge in [-0.05, 0) is 31.2 Å². The van der Waals surface area contributed by atoms with Gasteiger partial charge >= 0.3 is 0 Å². The van der Waals surface area contributed by atoms with Crippen molar-refractivity contribution in [3.05, 3.63) is 47.0 Å². The lowest BCUT2D eigenvalue weighted by Gasteiger charge is -2.08. The molecule has 0 radical (unpaired) electrons. The van der Waals surface area contributed by atoms with Gasteiger partial charge < -0.3 is 4.74 Å². The van der Waals surface area contributed by atoms with E-state index in [0.29, 0.717) is 30.2 Å². The number of nitrogens with zero attached hydrogens (tertiary/aromatic N) is 2. The van der Waals surface area contributed by atoms with E-state index in [1.54, 1.807) is 10.7 Å². The Morgan fingerprint density at radius 3 is 2.86 bits per heavy atom. The second-order valence-corrected chi connectivity index (χ2v) is 4.95. The van der Waals surface area contributed by atoms with Gasteiger partial charge in [-0.3, -0.25) is 4.68 Å². The van der Waals surface area contributed by atoms with Crippen LogP contribution in [0.1, 0.15) is 23.4 Å². The molecule has 2 rings (SSSR count). The Hall–Kier alpha value is -1.99. The number of hydrogen-bond donors (Lipinski definition) is 0. The summed E-state index contributed by atoms with van der Waals surface area (Å²) < 4.78 is 20.8. The first-order valence-corrected chi connectivity index (χ1v) is 7.10. The van der Waals surface area contributed by atoms with Crippen LogP contribution in [0, 0.1) is 24.6 Å². The van der Waals surface area contributed by atoms with Crippen LogP contribution in [0.5, 0.6) is 5.75 Å². The van der Waals surface area contributed by atoms with Gasteiger partial charge in [0.2, 0.25) is 0 Å². The maximum absolute atomic E-state index is 13.3. The number of alkyl halides is 1. The molecule has 0 saturated carbocycles. The van der Waals surface area contributed by atoms with Gasteiger partial charge in [-0.25, -0.2) is 4.39 Å². The van der Waals surface area contributed by atoms with Crippen LogP contribution in [0.15, 0.2) is 24.3 Å². The van der Waals surface area contributed by atoms with Gasteiger partial charge in [-0.15, -0.1) is 11.6 Å². The molecule has 1 heterocycles. The van der Waals surface area contributed by atoms with E-state index in [1.807, 2.05) is 20.0 Å². The summed E-state index contributed by atoms with van der Waals surface area (Å²) in [5.41, 5.74) is 2.40. The minimum absolute atomic E-state index is 0.339. The Labute approximate surface area is 128 Å². The van der Waals surface area contributed by atoms with Gasteiger partial charge in [-0.1, -0.05) is 11.8 Å². The molecule has 0 fully saturated rings. The van der Waals surface area contributed by atoms with Crippen molar-refractivity contribution in [1.29, 1.82) is 0 Å². The summed E-state index contributed by atoms with van der Waals surface area (Å²) in [6.45, 7) is 2.28. The SMILES string of the molecule is Cc1cc(COc2ccc(F)cc2C#CCCCl)n(C)n1. The monoisotopic (exact) mass is 306 g/mol. The van der Waals surface area contributed by atoms with Gasteiger partial charge in [-0.2, -0.15) is 5.10 Å². The molecule has 0 unspecified atom stereocenters. The third-order valence-electron chi connectivity index (χ3n) is 2.86. The minimum atomic E-state index is -0.339. The van der Waals surface area contributed by atoms with Crippen molar-refractivity contribution in [1.82, 2.24) is 9.78 Å². The molecule has 0 amide bonds. The van der Waals surface area contributed by atoms with E-state index in [0.717, 1.165) is 11.4 Å². The smallest absolute Gasteiger partial charge is 0.135 e. The van der Waals surface area contributed by atoms with Crippen molar-refractivity contribution in [3.8, 4) is 17.6 Å². The fourth-order valence-electron chi connectivity index (χ4n) is 1.88. The molecule has 1 aromatic carbocycles. The number of hydrogen-bond acceptors (Lipinski definition) is 2. The third-order valence-corrected chi connectivity index (χ3v) is 3.05. The normalized spacial score (nSPS) is 10.1. The highest BCUT2D eigenvalue weighted by atomic mass is 35.5. The van der Waals surface area contributed by atoms with Crippen molar-refractivity contribution < 1.29 is 9.13 Å².